The SMILES string of the molecule is Cc1cc(C(=O)NCCc2ccc(F)cc2)ccc1N1C(=O)CSC1c1ccc(F)cc1. The predicted molar refractivity (Wildman–Crippen MR) is 123 cm³/mol. The van der Waals surface area contributed by atoms with Crippen molar-refractivity contribution in [1.29, 1.82) is 0 Å². The molecule has 1 aliphatic heterocycles. The summed E-state index contributed by atoms with van der Waals surface area (Å²) < 4.78 is 26.3. The molecule has 1 N–H and O–H groups in total. The van der Waals surface area contributed by atoms with Crippen molar-refractivity contribution in [3.63, 3.8) is 0 Å². The Balaban J connectivity index is 1.45. The van der Waals surface area contributed by atoms with Crippen LogP contribution < -0.4 is 10.2 Å². The van der Waals surface area contributed by atoms with E-state index in [4.69, 9.17) is 0 Å². The molecule has 1 atom stereocenters. The fourth-order valence-electron chi connectivity index (χ4n) is 3.70. The van der Waals surface area contributed by atoms with E-state index in [0.29, 0.717) is 24.3 Å². The van der Waals surface area contributed by atoms with Crippen LogP contribution in [-0.4, -0.2) is 24.1 Å². The van der Waals surface area contributed by atoms with Gasteiger partial charge in [-0.3, -0.25) is 14.5 Å². The van der Waals surface area contributed by atoms with Crippen LogP contribution in [0.5, 0.6) is 0 Å². The first-order valence-electron chi connectivity index (χ1n) is 10.2. The van der Waals surface area contributed by atoms with Gasteiger partial charge in [-0.2, -0.15) is 0 Å². The minimum absolute atomic E-state index is 0.0241. The molecule has 1 unspecified atom stereocenters. The van der Waals surface area contributed by atoms with Gasteiger partial charge in [-0.15, -0.1) is 11.8 Å². The maximum absolute atomic E-state index is 13.3. The van der Waals surface area contributed by atoms with Crippen LogP contribution in [0.25, 0.3) is 0 Å². The molecule has 0 aliphatic carbocycles. The summed E-state index contributed by atoms with van der Waals surface area (Å²) in [4.78, 5) is 26.9. The van der Waals surface area contributed by atoms with Crippen LogP contribution in [0.15, 0.2) is 66.7 Å². The summed E-state index contributed by atoms with van der Waals surface area (Å²) in [6, 6.07) is 17.6. The summed E-state index contributed by atoms with van der Waals surface area (Å²) in [5.41, 5.74) is 3.83. The smallest absolute Gasteiger partial charge is 0.251 e. The van der Waals surface area contributed by atoms with Crippen LogP contribution in [-0.2, 0) is 11.2 Å². The highest BCUT2D eigenvalue weighted by atomic mass is 32.2. The van der Waals surface area contributed by atoms with E-state index in [9.17, 15) is 18.4 Å². The number of hydrogen-bond donors (Lipinski definition) is 1. The molecular weight excluding hydrogens is 430 g/mol. The highest BCUT2D eigenvalue weighted by Gasteiger charge is 2.34. The number of nitrogens with zero attached hydrogens (tertiary/aromatic N) is 1. The van der Waals surface area contributed by atoms with Gasteiger partial charge in [0.1, 0.15) is 17.0 Å². The Hall–Kier alpha value is -3.19. The maximum Gasteiger partial charge on any atom is 0.251 e. The van der Waals surface area contributed by atoms with E-state index >= 15 is 0 Å². The Labute approximate surface area is 189 Å². The van der Waals surface area contributed by atoms with Gasteiger partial charge in [0, 0.05) is 17.8 Å². The van der Waals surface area contributed by atoms with Gasteiger partial charge in [0.25, 0.3) is 5.91 Å². The number of halogens is 2. The van der Waals surface area contributed by atoms with E-state index in [1.807, 2.05) is 6.92 Å². The molecule has 0 spiro atoms. The fraction of sp³-hybridized carbons (Fsp3) is 0.200. The summed E-state index contributed by atoms with van der Waals surface area (Å²) in [5.74, 6) is -0.499. The quantitative estimate of drug-likeness (QED) is 0.571. The first-order valence-corrected chi connectivity index (χ1v) is 11.3. The number of benzene rings is 3. The third-order valence-corrected chi connectivity index (χ3v) is 6.57. The lowest BCUT2D eigenvalue weighted by atomic mass is 10.1. The molecule has 3 aromatic rings. The molecule has 4 nitrogen and oxygen atoms in total. The first-order chi connectivity index (χ1) is 15.4. The van der Waals surface area contributed by atoms with Gasteiger partial charge in [-0.1, -0.05) is 24.3 Å². The number of thioether (sulfide) groups is 1. The first kappa shape index (κ1) is 22.0. The fourth-order valence-corrected chi connectivity index (χ4v) is 4.87. The van der Waals surface area contributed by atoms with Crippen molar-refractivity contribution >= 4 is 29.3 Å². The lowest BCUT2D eigenvalue weighted by Gasteiger charge is -2.26. The molecule has 32 heavy (non-hydrogen) atoms. The highest BCUT2D eigenvalue weighted by Crippen LogP contribution is 2.42. The second-order valence-electron chi connectivity index (χ2n) is 7.61. The Bertz CT molecular complexity index is 1130. The number of carbonyl (C=O) groups is 2. The minimum atomic E-state index is -0.319. The standard InChI is InChI=1S/C25H22F2N2O2S/c1-16-14-19(24(31)28-13-12-17-2-7-20(26)8-3-17)6-11-22(16)29-23(30)15-32-25(29)18-4-9-21(27)10-5-18/h2-11,14,25H,12-13,15H2,1H3,(H,28,31). The molecule has 0 radical (unpaired) electrons. The Morgan fingerprint density at radius 2 is 1.69 bits per heavy atom. The second kappa shape index (κ2) is 9.53. The number of aryl methyl sites for hydroxylation is 1. The van der Waals surface area contributed by atoms with Crippen LogP contribution in [0.2, 0.25) is 0 Å². The van der Waals surface area contributed by atoms with Gasteiger partial charge in [0.15, 0.2) is 0 Å². The number of nitrogens with one attached hydrogen (secondary N) is 1. The monoisotopic (exact) mass is 452 g/mol. The van der Waals surface area contributed by atoms with Crippen LogP contribution in [0.1, 0.15) is 32.4 Å². The van der Waals surface area contributed by atoms with Crippen molar-refractivity contribution < 1.29 is 18.4 Å². The zero-order chi connectivity index (χ0) is 22.7. The number of amides is 2. The van der Waals surface area contributed by atoms with Gasteiger partial charge in [-0.25, -0.2) is 8.78 Å². The number of anilines is 1. The molecule has 2 amide bonds. The summed E-state index contributed by atoms with van der Waals surface area (Å²) in [5, 5.41) is 2.64. The summed E-state index contributed by atoms with van der Waals surface area (Å²) in [6.45, 7) is 2.29. The molecule has 164 valence electrons. The molecule has 4 rings (SSSR count). The van der Waals surface area contributed by atoms with Gasteiger partial charge < -0.3 is 5.32 Å². The van der Waals surface area contributed by atoms with Crippen LogP contribution in [0.4, 0.5) is 14.5 Å². The normalized spacial score (nSPS) is 15.8. The Kier molecular flexibility index (Phi) is 6.55. The molecule has 1 heterocycles. The average molecular weight is 453 g/mol. The van der Waals surface area contributed by atoms with E-state index < -0.39 is 0 Å². The van der Waals surface area contributed by atoms with Gasteiger partial charge in [-0.05, 0) is 72.5 Å². The predicted octanol–water partition coefficient (Wildman–Crippen LogP) is 5.02. The van der Waals surface area contributed by atoms with Gasteiger partial charge in [0.05, 0.1) is 5.75 Å². The molecule has 1 saturated heterocycles. The zero-order valence-corrected chi connectivity index (χ0v) is 18.3. The maximum atomic E-state index is 13.3. The van der Waals surface area contributed by atoms with E-state index in [1.165, 1.54) is 36.0 Å². The number of carbonyl (C=O) groups excluding carboxylic acids is 2. The molecule has 0 bridgehead atoms. The van der Waals surface area contributed by atoms with Crippen molar-refractivity contribution in [2.75, 3.05) is 17.2 Å². The van der Waals surface area contributed by atoms with Crippen LogP contribution in [0, 0.1) is 18.6 Å². The van der Waals surface area contributed by atoms with Crippen molar-refractivity contribution in [3.8, 4) is 0 Å². The van der Waals surface area contributed by atoms with Crippen molar-refractivity contribution in [1.82, 2.24) is 5.32 Å². The second-order valence-corrected chi connectivity index (χ2v) is 8.68. The zero-order valence-electron chi connectivity index (χ0n) is 17.5. The molecule has 0 aromatic heterocycles. The number of rotatable bonds is 6. The molecule has 3 aromatic carbocycles. The third kappa shape index (κ3) is 4.83. The van der Waals surface area contributed by atoms with Crippen molar-refractivity contribution in [3.05, 3.63) is 101 Å². The summed E-state index contributed by atoms with van der Waals surface area (Å²) in [6.07, 6.45) is 0.599. The summed E-state index contributed by atoms with van der Waals surface area (Å²) in [7, 11) is 0. The Morgan fingerprint density at radius 1 is 1.03 bits per heavy atom. The van der Waals surface area contributed by atoms with E-state index in [0.717, 1.165) is 22.4 Å². The summed E-state index contributed by atoms with van der Waals surface area (Å²) >= 11 is 1.49. The molecule has 1 aliphatic rings. The van der Waals surface area contributed by atoms with Crippen LogP contribution in [0.3, 0.4) is 0 Å². The molecule has 1 fully saturated rings. The van der Waals surface area contributed by atoms with Gasteiger partial charge >= 0.3 is 0 Å². The molecular formula is C25H22F2N2O2S. The van der Waals surface area contributed by atoms with E-state index in [-0.39, 0.29) is 28.8 Å². The van der Waals surface area contributed by atoms with Gasteiger partial charge in [0.2, 0.25) is 5.91 Å². The minimum Gasteiger partial charge on any atom is -0.352 e. The Morgan fingerprint density at radius 3 is 2.34 bits per heavy atom. The molecule has 0 saturated carbocycles. The topological polar surface area (TPSA) is 49.4 Å². The molecule has 7 heteroatoms. The van der Waals surface area contributed by atoms with E-state index in [2.05, 4.69) is 5.32 Å². The largest absolute Gasteiger partial charge is 0.352 e. The lowest BCUT2D eigenvalue weighted by molar-refractivity contribution is -0.115. The average Bonchev–Trinajstić information content (AvgIpc) is 3.16. The van der Waals surface area contributed by atoms with Crippen LogP contribution >= 0.6 is 11.8 Å². The third-order valence-electron chi connectivity index (χ3n) is 5.35. The lowest BCUT2D eigenvalue weighted by Crippen LogP contribution is -2.29. The number of hydrogen-bond acceptors (Lipinski definition) is 3. The highest BCUT2D eigenvalue weighted by molar-refractivity contribution is 8.00. The van der Waals surface area contributed by atoms with E-state index in [1.54, 1.807) is 47.4 Å². The van der Waals surface area contributed by atoms with Crippen molar-refractivity contribution in [2.24, 2.45) is 0 Å². The van der Waals surface area contributed by atoms with Crippen molar-refractivity contribution in [2.45, 2.75) is 18.7 Å².